The standard InChI is InChI=1S/3C5H10O3.2C5H11O3.4Rf/c3*1-7-3-5(6)4-8-2;2*1-8-4-5(7)2-3-6;;;;/h3*5-6H,1-4H2;2*5-7H,1-4H2;;;;/q3*-2;2*-1;;;;. The average Bonchev–Trinajstić information content (AvgIpc) is 2.87. The normalized spacial score (nSPS) is 10.8. The van der Waals surface area contributed by atoms with Crippen molar-refractivity contribution in [3.63, 3.8) is 0 Å². The summed E-state index contributed by atoms with van der Waals surface area (Å²) in [6.07, 6.45) is -2.25. The van der Waals surface area contributed by atoms with Crippen LogP contribution in [-0.4, -0.2) is 132 Å². The van der Waals surface area contributed by atoms with Crippen LogP contribution in [0.1, 0.15) is 12.8 Å². The van der Waals surface area contributed by atoms with E-state index in [-0.39, 0.29) is 66.1 Å². The molecule has 19 heteroatoms. The first-order valence-electron chi connectivity index (χ1n) is 11.6. The van der Waals surface area contributed by atoms with Gasteiger partial charge in [-0.25, -0.2) is 56.9 Å². The molecule has 0 spiro atoms. The summed E-state index contributed by atoms with van der Waals surface area (Å²) in [4.78, 5) is 0. The van der Waals surface area contributed by atoms with Gasteiger partial charge in [0.2, 0.25) is 0 Å². The van der Waals surface area contributed by atoms with Gasteiger partial charge in [-0.2, -0.15) is 0 Å². The second kappa shape index (κ2) is 58.1. The number of aliphatic hydroxyl groups excluding tert-OH is 7. The Morgan fingerprint density at radius 3 is 0.568 bits per heavy atom. The van der Waals surface area contributed by atoms with Crippen LogP contribution in [-0.2, 0) is 37.9 Å². The van der Waals surface area contributed by atoms with Gasteiger partial charge in [-0.05, 0) is 12.8 Å². The summed E-state index contributed by atoms with van der Waals surface area (Å²) in [5, 5.41) is 60.1. The van der Waals surface area contributed by atoms with Crippen LogP contribution < -0.4 is 0 Å². The van der Waals surface area contributed by atoms with Crippen LogP contribution in [0.4, 0.5) is 0 Å². The summed E-state index contributed by atoms with van der Waals surface area (Å²) in [6.45, 7) is 1.51. The minimum Gasteiger partial charge on any atom is -0.553 e. The predicted molar refractivity (Wildman–Crippen MR) is 144 cm³/mol. The fourth-order valence-electron chi connectivity index (χ4n) is 1.70. The summed E-state index contributed by atoms with van der Waals surface area (Å²) in [5.41, 5.74) is 0. The van der Waals surface area contributed by atoms with Gasteiger partial charge in [0.1, 0.15) is 0 Å². The Balaban J connectivity index is -0.0000000486. The van der Waals surface area contributed by atoms with E-state index in [4.69, 9.17) is 35.7 Å². The molecule has 0 radical (unpaired) electrons. The molecule has 2 unspecified atom stereocenters. The van der Waals surface area contributed by atoms with E-state index in [0.717, 1.165) is 0 Å². The van der Waals surface area contributed by atoms with Crippen LogP contribution in [0.3, 0.4) is 0 Å². The van der Waals surface area contributed by atoms with Crippen LogP contribution in [0, 0.1) is 56.9 Å². The van der Waals surface area contributed by atoms with E-state index in [2.05, 4.69) is 94.8 Å². The third kappa shape index (κ3) is 76.8. The van der Waals surface area contributed by atoms with Crippen molar-refractivity contribution >= 4 is 0 Å². The molecule has 0 saturated carbocycles. The van der Waals surface area contributed by atoms with Crippen molar-refractivity contribution in [1.29, 1.82) is 0 Å². The molecule has 258 valence electrons. The van der Waals surface area contributed by atoms with Crippen LogP contribution in [0.25, 0.3) is 0 Å². The van der Waals surface area contributed by atoms with E-state index in [1.807, 2.05) is 0 Å². The van der Waals surface area contributed by atoms with Gasteiger partial charge in [-0.15, -0.1) is 0 Å². The Morgan fingerprint density at radius 1 is 0.318 bits per heavy atom. The topological polar surface area (TPSA) is 215 Å². The summed E-state index contributed by atoms with van der Waals surface area (Å²) in [5.74, 6) is 0. The van der Waals surface area contributed by atoms with E-state index < -0.39 is 30.5 Å². The smallest absolute Gasteiger partial charge is 0.0946 e. The second-order valence-electron chi connectivity index (χ2n) is 7.26. The van der Waals surface area contributed by atoms with Gasteiger partial charge in [0.05, 0.1) is 30.5 Å². The minimum atomic E-state index is -0.606. The minimum absolute atomic E-state index is 0. The molecule has 0 aliphatic rings. The zero-order chi connectivity index (χ0) is 32.0. The molecule has 0 saturated heterocycles. The van der Waals surface area contributed by atoms with Crippen molar-refractivity contribution in [2.24, 2.45) is 0 Å². The van der Waals surface area contributed by atoms with Gasteiger partial charge >= 0.3 is 0 Å². The summed E-state index contributed by atoms with van der Waals surface area (Å²) in [7, 11) is 24.6. The Bertz CT molecular complexity index is 305. The number of hydrogen-bond donors (Lipinski definition) is 7. The first-order chi connectivity index (χ1) is 19.0. The molecular weight excluding hydrogens is 1610 g/mol. The van der Waals surface area contributed by atoms with Crippen molar-refractivity contribution < 1.29 is 73.6 Å². The molecule has 0 aliphatic heterocycles. The fraction of sp³-hybridized carbons (Fsp3) is 0.680. The molecule has 0 aliphatic carbocycles. The van der Waals surface area contributed by atoms with Gasteiger partial charge in [0.25, 0.3) is 0 Å². The zero-order valence-corrected chi connectivity index (χ0v) is 51.9. The van der Waals surface area contributed by atoms with Crippen LogP contribution in [0.2, 0.25) is 0 Å². The third-order valence-electron chi connectivity index (χ3n) is 3.41. The maximum Gasteiger partial charge on any atom is 0.0946 e. The molecule has 7 N–H and O–H groups in total. The van der Waals surface area contributed by atoms with Gasteiger partial charge in [0.15, 0.2) is 0 Å². The van der Waals surface area contributed by atoms with Crippen molar-refractivity contribution in [3.8, 4) is 0 Å². The van der Waals surface area contributed by atoms with Crippen LogP contribution in [0.15, 0.2) is 0 Å². The van der Waals surface area contributed by atoms with Gasteiger partial charge in [-0.3, -0.25) is 0 Å². The Morgan fingerprint density at radius 2 is 0.455 bits per heavy atom. The summed E-state index contributed by atoms with van der Waals surface area (Å²) < 4.78 is 34.8. The molecule has 44 heavy (non-hydrogen) atoms. The van der Waals surface area contributed by atoms with Crippen molar-refractivity contribution in [2.75, 3.05) is 66.1 Å². The molecule has 2 atom stereocenters. The number of rotatable bonds is 20. The van der Waals surface area contributed by atoms with E-state index in [1.165, 1.54) is 0 Å². The first kappa shape index (κ1) is 62.9. The van der Waals surface area contributed by atoms with Crippen molar-refractivity contribution in [1.82, 2.24) is 0 Å². The summed E-state index contributed by atoms with van der Waals surface area (Å²) >= 11 is 0. The van der Waals surface area contributed by atoms with E-state index in [0.29, 0.717) is 12.8 Å². The molecule has 0 aromatic carbocycles. The number of aliphatic hydroxyl groups is 7. The van der Waals surface area contributed by atoms with E-state index >= 15 is 0 Å². The molecule has 0 aromatic rings. The quantitative estimate of drug-likeness (QED) is 0.0727. The average molecular weight is 1660 g/mol. The molecule has 0 amide bonds. The third-order valence-corrected chi connectivity index (χ3v) is 3.41. The maximum absolute atomic E-state index is 8.72. The zero-order valence-electron chi connectivity index (χ0n) is 26.3. The maximum atomic E-state index is 8.72. The first-order valence-corrected chi connectivity index (χ1v) is 11.6. The van der Waals surface area contributed by atoms with Crippen LogP contribution >= 0.6 is 0 Å². The van der Waals surface area contributed by atoms with Crippen molar-refractivity contribution in [2.45, 2.75) is 43.4 Å². The number of hydrogen-bond acceptors (Lipinski definition) is 15. The molecule has 0 aromatic heterocycles. The van der Waals surface area contributed by atoms with Crippen LogP contribution in [0.5, 0.6) is 0 Å². The van der Waals surface area contributed by atoms with E-state index in [9.17, 15) is 0 Å². The molecule has 0 fully saturated rings. The molecule has 0 rings (SSSR count). The molecular formula is C25H52O15Rf4-8. The van der Waals surface area contributed by atoms with E-state index in [1.54, 1.807) is 0 Å². The fourth-order valence-corrected chi connectivity index (χ4v) is 1.70. The Hall–Kier alpha value is -4.60. The molecule has 0 bridgehead atoms. The SMILES string of the molecule is [CH2-]OCC(O)CCO.[CH2-]OCC(O)CCO.[CH2-]OCC(O)CO[CH2-].[CH2-]OCC(O)CO[CH2-].[CH2-]OCC(O)CO[CH2-].[Rf].[Rf].[Rf].[Rf]. The van der Waals surface area contributed by atoms with Crippen molar-refractivity contribution in [3.05, 3.63) is 56.9 Å². The molecule has 15 nitrogen and oxygen atoms in total. The Kier molecular flexibility index (Phi) is 83.0. The van der Waals surface area contributed by atoms with Gasteiger partial charge in [-0.1, -0.05) is 0 Å². The van der Waals surface area contributed by atoms with Gasteiger partial charge in [0, 0.05) is 66.1 Å². The predicted octanol–water partition coefficient (Wildman–Crippen LogP) is -1.03. The Labute approximate surface area is 240 Å². The summed E-state index contributed by atoms with van der Waals surface area (Å²) in [6, 6.07) is 0. The van der Waals surface area contributed by atoms with Gasteiger partial charge < -0.3 is 73.6 Å². The monoisotopic (exact) mass is 1660 g/mol. The molecule has 0 heterocycles. The number of ether oxygens (including phenoxy) is 8. The second-order valence-corrected chi connectivity index (χ2v) is 7.26. The largest absolute Gasteiger partial charge is 0.553 e.